The second kappa shape index (κ2) is 7.55. The minimum absolute atomic E-state index is 0.135. The molecule has 0 atom stereocenters. The summed E-state index contributed by atoms with van der Waals surface area (Å²) in [7, 11) is 3.12. The van der Waals surface area contributed by atoms with Gasteiger partial charge in [0.2, 0.25) is 0 Å². The van der Waals surface area contributed by atoms with Crippen molar-refractivity contribution in [2.45, 2.75) is 18.3 Å². The lowest BCUT2D eigenvalue weighted by molar-refractivity contribution is 0.371. The maximum absolute atomic E-state index is 9.96. The fourth-order valence-corrected chi connectivity index (χ4v) is 4.20. The average Bonchev–Trinajstić information content (AvgIpc) is 3.09. The van der Waals surface area contributed by atoms with Crippen molar-refractivity contribution in [3.63, 3.8) is 0 Å². The van der Waals surface area contributed by atoms with Gasteiger partial charge in [-0.2, -0.15) is 0 Å². The fraction of sp³-hybridized carbons (Fsp3) is 0.200. The van der Waals surface area contributed by atoms with Crippen LogP contribution in [0.3, 0.4) is 0 Å². The van der Waals surface area contributed by atoms with Gasteiger partial charge >= 0.3 is 0 Å². The minimum atomic E-state index is -0.249. The Bertz CT molecular complexity index is 1010. The molecule has 0 unspecified atom stereocenters. The molecule has 0 amide bonds. The molecule has 3 aromatic carbocycles. The van der Waals surface area contributed by atoms with Crippen LogP contribution in [0, 0.1) is 0 Å². The quantitative estimate of drug-likeness (QED) is 0.633. The number of phenolic OH excluding ortho intramolecular Hbond substituents is 2. The van der Waals surface area contributed by atoms with E-state index in [2.05, 4.69) is 30.4 Å². The number of aromatic hydroxyl groups is 2. The summed E-state index contributed by atoms with van der Waals surface area (Å²) < 4.78 is 10.6. The van der Waals surface area contributed by atoms with Crippen molar-refractivity contribution in [1.82, 2.24) is 0 Å². The highest BCUT2D eigenvalue weighted by Gasteiger charge is 2.35. The smallest absolute Gasteiger partial charge is 0.160 e. The number of allylic oxidation sites excluding steroid dienone is 1. The molecule has 29 heavy (non-hydrogen) atoms. The van der Waals surface area contributed by atoms with Crippen molar-refractivity contribution in [3.05, 3.63) is 89.0 Å². The summed E-state index contributed by atoms with van der Waals surface area (Å²) in [6.45, 7) is 0. The molecule has 148 valence electrons. The normalized spacial score (nSPS) is 13.9. The summed E-state index contributed by atoms with van der Waals surface area (Å²) in [5.41, 5.74) is 4.38. The number of phenols is 2. The summed E-state index contributed by atoms with van der Waals surface area (Å²) in [6.07, 6.45) is 5.93. The van der Waals surface area contributed by atoms with Crippen LogP contribution in [0.4, 0.5) is 0 Å². The van der Waals surface area contributed by atoms with E-state index in [0.29, 0.717) is 11.5 Å². The predicted octanol–water partition coefficient (Wildman–Crippen LogP) is 4.87. The molecule has 0 aromatic heterocycles. The Kier molecular flexibility index (Phi) is 4.93. The van der Waals surface area contributed by atoms with Crippen molar-refractivity contribution in [1.29, 1.82) is 0 Å². The summed E-state index contributed by atoms with van der Waals surface area (Å²) >= 11 is 0. The van der Waals surface area contributed by atoms with E-state index in [-0.39, 0.29) is 16.9 Å². The van der Waals surface area contributed by atoms with E-state index in [1.54, 1.807) is 26.4 Å². The van der Waals surface area contributed by atoms with E-state index < -0.39 is 0 Å². The van der Waals surface area contributed by atoms with Gasteiger partial charge in [0, 0.05) is 5.41 Å². The zero-order valence-corrected chi connectivity index (χ0v) is 16.6. The van der Waals surface area contributed by atoms with Crippen molar-refractivity contribution >= 4 is 6.08 Å². The first-order chi connectivity index (χ1) is 14.0. The molecule has 2 N–H and O–H groups in total. The van der Waals surface area contributed by atoms with E-state index >= 15 is 0 Å². The van der Waals surface area contributed by atoms with Crippen molar-refractivity contribution in [2.75, 3.05) is 14.2 Å². The number of fused-ring (bicyclic) bond motifs is 1. The van der Waals surface area contributed by atoms with Crippen molar-refractivity contribution in [3.8, 4) is 23.0 Å². The summed E-state index contributed by atoms with van der Waals surface area (Å²) in [5.74, 6) is 1.21. The van der Waals surface area contributed by atoms with Gasteiger partial charge in [-0.15, -0.1) is 0 Å². The van der Waals surface area contributed by atoms with Gasteiger partial charge in [-0.05, 0) is 59.4 Å². The van der Waals surface area contributed by atoms with Gasteiger partial charge in [0.25, 0.3) is 0 Å². The average molecular weight is 388 g/mol. The maximum Gasteiger partial charge on any atom is 0.160 e. The summed E-state index contributed by atoms with van der Waals surface area (Å²) in [4.78, 5) is 0. The van der Waals surface area contributed by atoms with Gasteiger partial charge in [0.05, 0.1) is 14.2 Å². The first-order valence-electron chi connectivity index (χ1n) is 9.55. The van der Waals surface area contributed by atoms with Crippen LogP contribution in [-0.4, -0.2) is 24.4 Å². The molecule has 0 saturated carbocycles. The van der Waals surface area contributed by atoms with Gasteiger partial charge in [-0.3, -0.25) is 0 Å². The van der Waals surface area contributed by atoms with Crippen LogP contribution < -0.4 is 9.47 Å². The monoisotopic (exact) mass is 388 g/mol. The molecular weight excluding hydrogens is 364 g/mol. The lowest BCUT2D eigenvalue weighted by Crippen LogP contribution is -2.28. The molecule has 0 spiro atoms. The third kappa shape index (κ3) is 3.54. The highest BCUT2D eigenvalue weighted by Crippen LogP contribution is 2.43. The SMILES string of the molecule is COc1cc(CC2(Cc3ccc(O)c(OC)c3)C=Cc3ccccc32)ccc1O. The molecule has 4 heteroatoms. The topological polar surface area (TPSA) is 58.9 Å². The van der Waals surface area contributed by atoms with Crippen LogP contribution in [-0.2, 0) is 18.3 Å². The van der Waals surface area contributed by atoms with E-state index in [9.17, 15) is 10.2 Å². The van der Waals surface area contributed by atoms with Crippen LogP contribution in [0.5, 0.6) is 23.0 Å². The van der Waals surface area contributed by atoms with Gasteiger partial charge in [0.15, 0.2) is 23.0 Å². The van der Waals surface area contributed by atoms with Crippen LogP contribution in [0.15, 0.2) is 66.7 Å². The number of hydrogen-bond acceptors (Lipinski definition) is 4. The fourth-order valence-electron chi connectivity index (χ4n) is 4.20. The highest BCUT2D eigenvalue weighted by molar-refractivity contribution is 5.66. The number of rotatable bonds is 6. The molecule has 4 nitrogen and oxygen atoms in total. The lowest BCUT2D eigenvalue weighted by atomic mass is 9.73. The predicted molar refractivity (Wildman–Crippen MR) is 114 cm³/mol. The molecule has 1 aliphatic carbocycles. The Labute approximate surface area is 170 Å². The Morgan fingerprint density at radius 3 is 1.86 bits per heavy atom. The Balaban J connectivity index is 1.77. The van der Waals surface area contributed by atoms with Crippen LogP contribution in [0.25, 0.3) is 6.08 Å². The van der Waals surface area contributed by atoms with Gasteiger partial charge in [-0.25, -0.2) is 0 Å². The second-order valence-electron chi connectivity index (χ2n) is 7.44. The Morgan fingerprint density at radius 2 is 1.31 bits per heavy atom. The van der Waals surface area contributed by atoms with E-state index in [1.807, 2.05) is 30.3 Å². The Morgan fingerprint density at radius 1 is 0.759 bits per heavy atom. The molecule has 4 rings (SSSR count). The van der Waals surface area contributed by atoms with Crippen LogP contribution in [0.1, 0.15) is 22.3 Å². The third-order valence-corrected chi connectivity index (χ3v) is 5.61. The third-order valence-electron chi connectivity index (χ3n) is 5.61. The molecule has 0 bridgehead atoms. The first kappa shape index (κ1) is 18.9. The van der Waals surface area contributed by atoms with E-state index in [1.165, 1.54) is 11.1 Å². The van der Waals surface area contributed by atoms with E-state index in [0.717, 1.165) is 24.0 Å². The zero-order chi connectivity index (χ0) is 20.4. The van der Waals surface area contributed by atoms with Crippen LogP contribution >= 0.6 is 0 Å². The van der Waals surface area contributed by atoms with Crippen molar-refractivity contribution < 1.29 is 19.7 Å². The standard InChI is InChI=1S/C25H24O4/c1-28-23-13-17(7-9-21(23)26)15-25(12-11-19-5-3-4-6-20(19)25)16-18-8-10-22(27)24(14-18)29-2/h3-14,26-27H,15-16H2,1-2H3. The van der Waals surface area contributed by atoms with Gasteiger partial charge in [0.1, 0.15) is 0 Å². The number of benzene rings is 3. The summed E-state index contributed by atoms with van der Waals surface area (Å²) in [5, 5.41) is 19.9. The van der Waals surface area contributed by atoms with E-state index in [4.69, 9.17) is 9.47 Å². The van der Waals surface area contributed by atoms with Crippen molar-refractivity contribution in [2.24, 2.45) is 0 Å². The molecule has 0 fully saturated rings. The highest BCUT2D eigenvalue weighted by atomic mass is 16.5. The zero-order valence-electron chi connectivity index (χ0n) is 16.6. The maximum atomic E-state index is 9.96. The minimum Gasteiger partial charge on any atom is -0.504 e. The number of ether oxygens (including phenoxy) is 2. The second-order valence-corrected chi connectivity index (χ2v) is 7.44. The number of hydrogen-bond donors (Lipinski definition) is 2. The molecule has 0 heterocycles. The summed E-state index contributed by atoms with van der Waals surface area (Å²) in [6, 6.07) is 19.4. The molecule has 3 aromatic rings. The molecule has 0 radical (unpaired) electrons. The van der Waals surface area contributed by atoms with Gasteiger partial charge < -0.3 is 19.7 Å². The number of methoxy groups -OCH3 is 2. The van der Waals surface area contributed by atoms with Gasteiger partial charge in [-0.1, -0.05) is 48.6 Å². The molecular formula is C25H24O4. The largest absolute Gasteiger partial charge is 0.504 e. The first-order valence-corrected chi connectivity index (χ1v) is 9.55. The molecule has 0 aliphatic heterocycles. The Hall–Kier alpha value is -3.40. The molecule has 0 saturated heterocycles. The lowest BCUT2D eigenvalue weighted by Gasteiger charge is -2.30. The molecule has 1 aliphatic rings. The van der Waals surface area contributed by atoms with Crippen LogP contribution in [0.2, 0.25) is 0 Å².